The Morgan fingerprint density at radius 1 is 0.564 bits per heavy atom. The second-order valence-electron chi connectivity index (χ2n) is 20.2. The normalized spacial score (nSPS) is 29.1. The SMILES string of the molecule is CCCCCCCCCCC1CCC(C2(CC(c3ccccc3)C3(C4CCC(CCCCCCCCCC)CC4)CCCCC3)CCC(OC=O)CC2)CC1. The van der Waals surface area contributed by atoms with E-state index in [0.29, 0.717) is 16.7 Å². The van der Waals surface area contributed by atoms with E-state index in [2.05, 4.69) is 44.2 Å². The molecule has 0 N–H and O–H groups in total. The average molecular weight is 759 g/mol. The van der Waals surface area contributed by atoms with Crippen molar-refractivity contribution in [3.63, 3.8) is 0 Å². The Bertz CT molecular complexity index is 1100. The van der Waals surface area contributed by atoms with E-state index in [9.17, 15) is 4.79 Å². The maximum absolute atomic E-state index is 11.5. The maximum atomic E-state index is 11.5. The zero-order valence-corrected chi connectivity index (χ0v) is 36.7. The summed E-state index contributed by atoms with van der Waals surface area (Å²) in [7, 11) is 0. The Morgan fingerprint density at radius 2 is 1.04 bits per heavy atom. The molecule has 0 bridgehead atoms. The molecule has 314 valence electrons. The molecule has 0 heterocycles. The lowest BCUT2D eigenvalue weighted by Gasteiger charge is -2.56. The summed E-state index contributed by atoms with van der Waals surface area (Å²) in [6.07, 6.45) is 51.2. The first-order valence-corrected chi connectivity index (χ1v) is 25.3. The van der Waals surface area contributed by atoms with Gasteiger partial charge in [0, 0.05) is 0 Å². The summed E-state index contributed by atoms with van der Waals surface area (Å²) in [5.41, 5.74) is 2.52. The van der Waals surface area contributed by atoms with Crippen LogP contribution in [0.4, 0.5) is 0 Å². The van der Waals surface area contributed by atoms with Crippen LogP contribution in [0.5, 0.6) is 0 Å². The van der Waals surface area contributed by atoms with Gasteiger partial charge in [-0.05, 0) is 117 Å². The molecule has 0 aliphatic heterocycles. The van der Waals surface area contributed by atoms with Gasteiger partial charge in [-0.15, -0.1) is 0 Å². The van der Waals surface area contributed by atoms with E-state index in [4.69, 9.17) is 4.74 Å². The van der Waals surface area contributed by atoms with Crippen molar-refractivity contribution >= 4 is 6.47 Å². The van der Waals surface area contributed by atoms with Crippen LogP contribution in [0.25, 0.3) is 0 Å². The van der Waals surface area contributed by atoms with Crippen LogP contribution in [-0.4, -0.2) is 12.6 Å². The van der Waals surface area contributed by atoms with Crippen molar-refractivity contribution in [2.45, 2.75) is 257 Å². The second-order valence-corrected chi connectivity index (χ2v) is 20.2. The van der Waals surface area contributed by atoms with E-state index in [1.54, 1.807) is 5.56 Å². The lowest BCUT2D eigenvalue weighted by atomic mass is 9.49. The highest BCUT2D eigenvalue weighted by atomic mass is 16.5. The predicted molar refractivity (Wildman–Crippen MR) is 237 cm³/mol. The summed E-state index contributed by atoms with van der Waals surface area (Å²) in [5, 5.41) is 0. The fourth-order valence-electron chi connectivity index (χ4n) is 13.4. The van der Waals surface area contributed by atoms with Crippen LogP contribution in [0, 0.1) is 34.5 Å². The van der Waals surface area contributed by atoms with Crippen LogP contribution in [-0.2, 0) is 9.53 Å². The molecule has 1 atom stereocenters. The predicted octanol–water partition coefficient (Wildman–Crippen LogP) is 16.9. The monoisotopic (exact) mass is 759 g/mol. The number of carbonyl (C=O) groups excluding carboxylic acids is 1. The molecule has 0 spiro atoms. The number of carbonyl (C=O) groups is 1. The molecule has 2 nitrogen and oxygen atoms in total. The van der Waals surface area contributed by atoms with Crippen molar-refractivity contribution in [3.8, 4) is 0 Å². The number of ether oxygens (including phenoxy) is 1. The summed E-state index contributed by atoms with van der Waals surface area (Å²) < 4.78 is 5.68. The molecule has 0 radical (unpaired) electrons. The van der Waals surface area contributed by atoms with Crippen molar-refractivity contribution in [2.75, 3.05) is 0 Å². The molecule has 4 aliphatic carbocycles. The standard InChI is InChI=1S/C53H90O2/c1-3-5-7-9-11-13-15-19-25-45-29-33-48(34-30-45)52(41-37-50(38-42-52)55-44-54)43-51(47-27-21-17-22-28-47)53(39-23-18-24-40-53)49-35-31-46(32-36-49)26-20-16-14-12-10-8-6-4-2/h17,21-22,27-28,44-46,48-51H,3-16,18-20,23-26,29-43H2,1-2H3. The third kappa shape index (κ3) is 13.9. The Morgan fingerprint density at radius 3 is 1.53 bits per heavy atom. The summed E-state index contributed by atoms with van der Waals surface area (Å²) in [5.74, 6) is 4.34. The van der Waals surface area contributed by atoms with Crippen molar-refractivity contribution in [2.24, 2.45) is 34.5 Å². The number of benzene rings is 1. The molecule has 0 amide bonds. The van der Waals surface area contributed by atoms with Crippen LogP contribution in [0.1, 0.15) is 256 Å². The van der Waals surface area contributed by atoms with Gasteiger partial charge < -0.3 is 4.74 Å². The Labute approximate surface area is 342 Å². The summed E-state index contributed by atoms with van der Waals surface area (Å²) >= 11 is 0. The lowest BCUT2D eigenvalue weighted by molar-refractivity contribution is -0.137. The molecule has 0 aromatic heterocycles. The number of hydrogen-bond donors (Lipinski definition) is 0. The van der Waals surface area contributed by atoms with Gasteiger partial charge >= 0.3 is 0 Å². The minimum absolute atomic E-state index is 0.138. The van der Waals surface area contributed by atoms with Gasteiger partial charge in [-0.1, -0.05) is 205 Å². The summed E-state index contributed by atoms with van der Waals surface area (Å²) in [4.78, 5) is 11.5. The second kappa shape index (κ2) is 25.2. The lowest BCUT2D eigenvalue weighted by Crippen LogP contribution is -2.46. The molecule has 4 fully saturated rings. The minimum Gasteiger partial charge on any atom is -0.465 e. The zero-order chi connectivity index (χ0) is 38.4. The van der Waals surface area contributed by atoms with Gasteiger partial charge in [0.2, 0.25) is 0 Å². The fraction of sp³-hybridized carbons (Fsp3) is 0.868. The molecule has 5 rings (SSSR count). The smallest absolute Gasteiger partial charge is 0.293 e. The van der Waals surface area contributed by atoms with E-state index in [-0.39, 0.29) is 6.10 Å². The fourth-order valence-corrected chi connectivity index (χ4v) is 13.4. The van der Waals surface area contributed by atoms with Gasteiger partial charge in [0.15, 0.2) is 0 Å². The highest BCUT2D eigenvalue weighted by Crippen LogP contribution is 2.63. The number of rotatable bonds is 26. The Balaban J connectivity index is 1.24. The molecule has 2 heteroatoms. The molecule has 1 unspecified atom stereocenters. The van der Waals surface area contributed by atoms with Gasteiger partial charge in [-0.25, -0.2) is 0 Å². The van der Waals surface area contributed by atoms with E-state index in [1.807, 2.05) is 0 Å². The van der Waals surface area contributed by atoms with Crippen molar-refractivity contribution in [3.05, 3.63) is 35.9 Å². The molecule has 4 saturated carbocycles. The molecular weight excluding hydrogens is 669 g/mol. The van der Waals surface area contributed by atoms with Gasteiger partial charge in [0.1, 0.15) is 6.10 Å². The van der Waals surface area contributed by atoms with Gasteiger partial charge in [0.25, 0.3) is 6.47 Å². The Hall–Kier alpha value is -1.31. The largest absolute Gasteiger partial charge is 0.465 e. The van der Waals surface area contributed by atoms with Crippen LogP contribution in [0.3, 0.4) is 0 Å². The van der Waals surface area contributed by atoms with Crippen molar-refractivity contribution < 1.29 is 9.53 Å². The first-order chi connectivity index (χ1) is 27.1. The minimum atomic E-state index is 0.138. The van der Waals surface area contributed by atoms with E-state index in [0.717, 1.165) is 43.0 Å². The first kappa shape index (κ1) is 44.8. The average Bonchev–Trinajstić information content (AvgIpc) is 3.23. The molecule has 1 aromatic carbocycles. The number of hydrogen-bond acceptors (Lipinski definition) is 2. The first-order valence-electron chi connectivity index (χ1n) is 25.3. The highest BCUT2D eigenvalue weighted by molar-refractivity contribution is 5.37. The van der Waals surface area contributed by atoms with E-state index < -0.39 is 0 Å². The van der Waals surface area contributed by atoms with Crippen molar-refractivity contribution in [1.29, 1.82) is 0 Å². The van der Waals surface area contributed by atoms with Crippen LogP contribution in [0.2, 0.25) is 0 Å². The van der Waals surface area contributed by atoms with E-state index >= 15 is 0 Å². The van der Waals surface area contributed by atoms with Crippen molar-refractivity contribution in [1.82, 2.24) is 0 Å². The van der Waals surface area contributed by atoms with Crippen LogP contribution >= 0.6 is 0 Å². The van der Waals surface area contributed by atoms with Gasteiger partial charge in [0.05, 0.1) is 0 Å². The van der Waals surface area contributed by atoms with E-state index in [1.165, 1.54) is 218 Å². The van der Waals surface area contributed by atoms with Gasteiger partial charge in [-0.2, -0.15) is 0 Å². The maximum Gasteiger partial charge on any atom is 0.293 e. The molecule has 55 heavy (non-hydrogen) atoms. The molecule has 4 aliphatic rings. The molecular formula is C53H90O2. The van der Waals surface area contributed by atoms with Crippen LogP contribution in [0.15, 0.2) is 30.3 Å². The third-order valence-electron chi connectivity index (χ3n) is 16.8. The Kier molecular flexibility index (Phi) is 20.5. The summed E-state index contributed by atoms with van der Waals surface area (Å²) in [6.45, 7) is 5.39. The topological polar surface area (TPSA) is 26.3 Å². The quantitative estimate of drug-likeness (QED) is 0.0695. The summed E-state index contributed by atoms with van der Waals surface area (Å²) in [6, 6.07) is 12.1. The third-order valence-corrected chi connectivity index (χ3v) is 16.8. The molecule has 1 aromatic rings. The highest BCUT2D eigenvalue weighted by Gasteiger charge is 2.52. The zero-order valence-electron chi connectivity index (χ0n) is 36.7. The van der Waals surface area contributed by atoms with Gasteiger partial charge in [-0.3, -0.25) is 4.79 Å². The number of unbranched alkanes of at least 4 members (excludes halogenated alkanes) is 14. The van der Waals surface area contributed by atoms with Crippen LogP contribution < -0.4 is 0 Å². The molecule has 0 saturated heterocycles.